The number of pyridine rings is 1. The van der Waals surface area contributed by atoms with Crippen LogP contribution in [-0.4, -0.2) is 35.4 Å². The molecule has 1 fully saturated rings. The van der Waals surface area contributed by atoms with Gasteiger partial charge in [0.15, 0.2) is 0 Å². The monoisotopic (exact) mass is 537 g/mol. The summed E-state index contributed by atoms with van der Waals surface area (Å²) in [4.78, 5) is 29.1. The van der Waals surface area contributed by atoms with Gasteiger partial charge in [0.05, 0.1) is 6.04 Å². The summed E-state index contributed by atoms with van der Waals surface area (Å²) >= 11 is 5.64. The predicted molar refractivity (Wildman–Crippen MR) is 132 cm³/mol. The average Bonchev–Trinajstić information content (AvgIpc) is 3.22. The van der Waals surface area contributed by atoms with E-state index in [4.69, 9.17) is 17.3 Å². The molecule has 0 saturated carbocycles. The van der Waals surface area contributed by atoms with Crippen LogP contribution in [0.5, 0.6) is 0 Å². The van der Waals surface area contributed by atoms with Crippen molar-refractivity contribution in [1.29, 1.82) is 0 Å². The molecule has 2 heterocycles. The highest BCUT2D eigenvalue weighted by molar-refractivity contribution is 6.30. The third-order valence-corrected chi connectivity index (χ3v) is 5.93. The maximum atomic E-state index is 14.1. The van der Waals surface area contributed by atoms with Gasteiger partial charge in [-0.1, -0.05) is 23.7 Å². The number of hydrogen-bond acceptors (Lipinski definition) is 5. The molecule has 2 aromatic rings. The second kappa shape index (κ2) is 13.0. The van der Waals surface area contributed by atoms with Crippen LogP contribution in [0.1, 0.15) is 30.2 Å². The van der Waals surface area contributed by atoms with E-state index in [0.717, 1.165) is 17.3 Å². The minimum absolute atomic E-state index is 0. The standard InChI is InChI=1S/C22H26ClF2N5O2.2ClH/c1-11-15(4-6-18(26)29-11)10-28-21(31)12(2)30-22(32)17-8-13(9-27-17)7-14-3-5-16(24)19(23)20(14)25;;/h3-6,12-13,17,27H,7-10H2,1-2H3,(H2,26,29)(H,28,31)(H,30,32);2*1H/t12?,13-,17+;;/m0../s1. The Bertz CT molecular complexity index is 1030. The Morgan fingerprint density at radius 2 is 1.91 bits per heavy atom. The fourth-order valence-electron chi connectivity index (χ4n) is 3.71. The molecule has 0 bridgehead atoms. The van der Waals surface area contributed by atoms with Crippen molar-refractivity contribution in [2.24, 2.45) is 5.92 Å². The molecule has 7 nitrogen and oxygen atoms in total. The molecule has 0 spiro atoms. The van der Waals surface area contributed by atoms with E-state index in [1.807, 2.05) is 0 Å². The van der Waals surface area contributed by atoms with Crippen molar-refractivity contribution >= 4 is 54.0 Å². The lowest BCUT2D eigenvalue weighted by Crippen LogP contribution is -2.50. The summed E-state index contributed by atoms with van der Waals surface area (Å²) in [5, 5.41) is 8.05. The van der Waals surface area contributed by atoms with E-state index >= 15 is 0 Å². The number of aryl methyl sites for hydroxylation is 1. The highest BCUT2D eigenvalue weighted by Crippen LogP contribution is 2.26. The lowest BCUT2D eigenvalue weighted by atomic mass is 9.96. The molecule has 3 rings (SSSR count). The molecule has 1 unspecified atom stereocenters. The Morgan fingerprint density at radius 1 is 1.24 bits per heavy atom. The Kier molecular flexibility index (Phi) is 11.4. The summed E-state index contributed by atoms with van der Waals surface area (Å²) in [6, 6.07) is 4.72. The van der Waals surface area contributed by atoms with Crippen molar-refractivity contribution < 1.29 is 18.4 Å². The second-order valence-electron chi connectivity index (χ2n) is 8.03. The molecule has 1 saturated heterocycles. The molecule has 0 aliphatic carbocycles. The zero-order valence-corrected chi connectivity index (χ0v) is 21.1. The van der Waals surface area contributed by atoms with Gasteiger partial charge in [0.25, 0.3) is 0 Å². The highest BCUT2D eigenvalue weighted by Gasteiger charge is 2.31. The smallest absolute Gasteiger partial charge is 0.242 e. The van der Waals surface area contributed by atoms with E-state index in [1.54, 1.807) is 26.0 Å². The van der Waals surface area contributed by atoms with Crippen LogP contribution in [0.3, 0.4) is 0 Å². The number of rotatable bonds is 7. The molecule has 188 valence electrons. The minimum Gasteiger partial charge on any atom is -0.384 e. The second-order valence-corrected chi connectivity index (χ2v) is 8.41. The third kappa shape index (κ3) is 7.40. The number of nitrogens with one attached hydrogen (secondary N) is 3. The summed E-state index contributed by atoms with van der Waals surface area (Å²) in [6.07, 6.45) is 0.790. The van der Waals surface area contributed by atoms with Crippen LogP contribution < -0.4 is 21.7 Å². The van der Waals surface area contributed by atoms with Crippen LogP contribution in [0.4, 0.5) is 14.6 Å². The molecule has 1 aromatic carbocycles. The number of benzene rings is 1. The van der Waals surface area contributed by atoms with E-state index in [-0.39, 0.29) is 49.1 Å². The third-order valence-electron chi connectivity index (χ3n) is 5.58. The molecular weight excluding hydrogens is 511 g/mol. The number of carbonyl (C=O) groups is 2. The number of nitrogens with two attached hydrogens (primary N) is 1. The summed E-state index contributed by atoms with van der Waals surface area (Å²) in [7, 11) is 0. The summed E-state index contributed by atoms with van der Waals surface area (Å²) in [6.45, 7) is 4.17. The fourth-order valence-corrected chi connectivity index (χ4v) is 3.89. The lowest BCUT2D eigenvalue weighted by Gasteiger charge is -2.17. The number of anilines is 1. The predicted octanol–water partition coefficient (Wildman–Crippen LogP) is 3.09. The molecule has 0 radical (unpaired) electrons. The molecule has 2 amide bonds. The van der Waals surface area contributed by atoms with Crippen LogP contribution in [0, 0.1) is 24.5 Å². The van der Waals surface area contributed by atoms with Gasteiger partial charge in [0.2, 0.25) is 11.8 Å². The average molecular weight is 539 g/mol. The van der Waals surface area contributed by atoms with Crippen molar-refractivity contribution in [2.45, 2.75) is 45.3 Å². The molecule has 1 aliphatic heterocycles. The summed E-state index contributed by atoms with van der Waals surface area (Å²) in [5.41, 5.74) is 7.49. The Labute approximate surface area is 214 Å². The number of aromatic nitrogens is 1. The topological polar surface area (TPSA) is 109 Å². The van der Waals surface area contributed by atoms with Crippen molar-refractivity contribution in [2.75, 3.05) is 12.3 Å². The number of hydrogen-bond donors (Lipinski definition) is 4. The van der Waals surface area contributed by atoms with E-state index in [9.17, 15) is 18.4 Å². The zero-order valence-electron chi connectivity index (χ0n) is 18.7. The zero-order chi connectivity index (χ0) is 23.4. The van der Waals surface area contributed by atoms with Gasteiger partial charge in [-0.3, -0.25) is 9.59 Å². The van der Waals surface area contributed by atoms with Crippen molar-refractivity contribution in [1.82, 2.24) is 20.9 Å². The Balaban J connectivity index is 0.00000289. The Hall–Kier alpha value is -2.20. The first-order valence-electron chi connectivity index (χ1n) is 10.3. The molecule has 1 aliphatic rings. The molecule has 1 aromatic heterocycles. The van der Waals surface area contributed by atoms with Crippen LogP contribution in [0.15, 0.2) is 24.3 Å². The van der Waals surface area contributed by atoms with Crippen LogP contribution in [0.25, 0.3) is 0 Å². The SMILES string of the molecule is Cc1nc(N)ccc1CNC(=O)C(C)NC(=O)[C@H]1C[C@H](Cc2ccc(F)c(Cl)c2F)CN1.Cl.Cl. The number of nitrogens with zero attached hydrogens (tertiary/aromatic N) is 1. The van der Waals surface area contributed by atoms with E-state index < -0.39 is 28.7 Å². The summed E-state index contributed by atoms with van der Waals surface area (Å²) < 4.78 is 27.5. The number of carbonyl (C=O) groups excluding carboxylic acids is 2. The van der Waals surface area contributed by atoms with Gasteiger partial charge < -0.3 is 21.7 Å². The van der Waals surface area contributed by atoms with Gasteiger partial charge in [0, 0.05) is 12.2 Å². The first-order chi connectivity index (χ1) is 15.2. The van der Waals surface area contributed by atoms with Crippen LogP contribution >= 0.6 is 36.4 Å². The van der Waals surface area contributed by atoms with Crippen LogP contribution in [0.2, 0.25) is 5.02 Å². The normalized spacial score (nSPS) is 17.8. The first kappa shape index (κ1) is 29.8. The molecule has 12 heteroatoms. The minimum atomic E-state index is -0.801. The van der Waals surface area contributed by atoms with Gasteiger partial charge >= 0.3 is 0 Å². The fraction of sp³-hybridized carbons (Fsp3) is 0.409. The summed E-state index contributed by atoms with van der Waals surface area (Å²) in [5.74, 6) is -1.82. The van der Waals surface area contributed by atoms with E-state index in [2.05, 4.69) is 20.9 Å². The highest BCUT2D eigenvalue weighted by atomic mass is 35.5. The largest absolute Gasteiger partial charge is 0.384 e. The van der Waals surface area contributed by atoms with Crippen molar-refractivity contribution in [3.05, 3.63) is 57.7 Å². The number of nitrogen functional groups attached to an aromatic ring is 1. The molecule has 34 heavy (non-hydrogen) atoms. The maximum Gasteiger partial charge on any atom is 0.242 e. The van der Waals surface area contributed by atoms with Gasteiger partial charge in [-0.25, -0.2) is 13.8 Å². The number of halogens is 5. The Morgan fingerprint density at radius 3 is 2.59 bits per heavy atom. The van der Waals surface area contributed by atoms with E-state index in [0.29, 0.717) is 30.8 Å². The van der Waals surface area contributed by atoms with Gasteiger partial charge in [-0.05, 0) is 62.4 Å². The van der Waals surface area contributed by atoms with Gasteiger partial charge in [-0.2, -0.15) is 0 Å². The first-order valence-corrected chi connectivity index (χ1v) is 10.7. The molecule has 5 N–H and O–H groups in total. The van der Waals surface area contributed by atoms with E-state index in [1.165, 1.54) is 6.07 Å². The van der Waals surface area contributed by atoms with Gasteiger partial charge in [-0.15, -0.1) is 24.8 Å². The van der Waals surface area contributed by atoms with Crippen molar-refractivity contribution in [3.8, 4) is 0 Å². The van der Waals surface area contributed by atoms with Crippen molar-refractivity contribution in [3.63, 3.8) is 0 Å². The molecular formula is C22H28Cl3F2N5O2. The number of amides is 2. The van der Waals surface area contributed by atoms with Crippen LogP contribution in [-0.2, 0) is 22.6 Å². The maximum absolute atomic E-state index is 14.1. The quantitative estimate of drug-likeness (QED) is 0.405. The lowest BCUT2D eigenvalue weighted by molar-refractivity contribution is -0.129. The van der Waals surface area contributed by atoms with Gasteiger partial charge in [0.1, 0.15) is 28.5 Å². The molecule has 3 atom stereocenters.